The van der Waals surface area contributed by atoms with E-state index in [4.69, 9.17) is 5.73 Å². The highest BCUT2D eigenvalue weighted by atomic mass is 14.9. The highest BCUT2D eigenvalue weighted by Gasteiger charge is 2.17. The Bertz CT molecular complexity index is 484. The lowest BCUT2D eigenvalue weighted by Crippen LogP contribution is -2.18. The number of aromatic nitrogens is 1. The molecular formula is C14H20N2. The molecule has 0 aliphatic heterocycles. The molecule has 0 amide bonds. The van der Waals surface area contributed by atoms with Crippen molar-refractivity contribution >= 4 is 10.9 Å². The summed E-state index contributed by atoms with van der Waals surface area (Å²) in [4.78, 5) is 0. The summed E-state index contributed by atoms with van der Waals surface area (Å²) in [6.07, 6.45) is 3.28. The first-order valence-corrected chi connectivity index (χ1v) is 5.94. The van der Waals surface area contributed by atoms with Crippen molar-refractivity contribution in [1.29, 1.82) is 0 Å². The number of nitrogens with zero attached hydrogens (tertiary/aromatic N) is 1. The SMILES string of the molecule is CCC(C)[C@H](N)c1cn(C)c2ccccc12. The van der Waals surface area contributed by atoms with Gasteiger partial charge in [0, 0.05) is 30.2 Å². The van der Waals surface area contributed by atoms with Crippen LogP contribution < -0.4 is 5.73 Å². The standard InChI is InChI=1S/C14H20N2/c1-4-10(2)14(15)12-9-16(3)13-8-6-5-7-11(12)13/h5-10,14H,4,15H2,1-3H3/t10?,14-/m0/s1. The van der Waals surface area contributed by atoms with Crippen LogP contribution in [-0.4, -0.2) is 4.57 Å². The number of aryl methyl sites for hydroxylation is 1. The number of benzene rings is 1. The lowest BCUT2D eigenvalue weighted by atomic mass is 9.93. The average molecular weight is 216 g/mol. The third kappa shape index (κ3) is 1.74. The van der Waals surface area contributed by atoms with Gasteiger partial charge in [-0.2, -0.15) is 0 Å². The summed E-state index contributed by atoms with van der Waals surface area (Å²) < 4.78 is 2.16. The van der Waals surface area contributed by atoms with Gasteiger partial charge in [0.1, 0.15) is 0 Å². The Kier molecular flexibility index (Phi) is 3.01. The molecule has 0 radical (unpaired) electrons. The largest absolute Gasteiger partial charge is 0.350 e. The van der Waals surface area contributed by atoms with Crippen LogP contribution in [0.1, 0.15) is 31.9 Å². The lowest BCUT2D eigenvalue weighted by Gasteiger charge is -2.17. The number of hydrogen-bond donors (Lipinski definition) is 1. The van der Waals surface area contributed by atoms with Crippen molar-refractivity contribution in [2.75, 3.05) is 0 Å². The minimum atomic E-state index is 0.135. The number of para-hydroxylation sites is 1. The predicted octanol–water partition coefficient (Wildman–Crippen LogP) is 3.22. The Morgan fingerprint density at radius 3 is 2.69 bits per heavy atom. The maximum atomic E-state index is 6.32. The molecule has 1 aromatic carbocycles. The summed E-state index contributed by atoms with van der Waals surface area (Å²) >= 11 is 0. The molecule has 0 bridgehead atoms. The Morgan fingerprint density at radius 2 is 2.00 bits per heavy atom. The second-order valence-electron chi connectivity index (χ2n) is 4.62. The number of nitrogens with two attached hydrogens (primary N) is 1. The van der Waals surface area contributed by atoms with Crippen LogP contribution >= 0.6 is 0 Å². The van der Waals surface area contributed by atoms with Crippen LogP contribution in [0.3, 0.4) is 0 Å². The first-order valence-electron chi connectivity index (χ1n) is 5.94. The van der Waals surface area contributed by atoms with Gasteiger partial charge >= 0.3 is 0 Å². The third-order valence-electron chi connectivity index (χ3n) is 3.54. The molecule has 2 heteroatoms. The highest BCUT2D eigenvalue weighted by molar-refractivity contribution is 5.84. The molecular weight excluding hydrogens is 196 g/mol. The summed E-state index contributed by atoms with van der Waals surface area (Å²) in [6, 6.07) is 8.58. The van der Waals surface area contributed by atoms with Crippen molar-refractivity contribution in [3.05, 3.63) is 36.0 Å². The van der Waals surface area contributed by atoms with Gasteiger partial charge in [0.15, 0.2) is 0 Å². The van der Waals surface area contributed by atoms with E-state index in [9.17, 15) is 0 Å². The zero-order chi connectivity index (χ0) is 11.7. The van der Waals surface area contributed by atoms with Crippen molar-refractivity contribution in [1.82, 2.24) is 4.57 Å². The first-order chi connectivity index (χ1) is 7.65. The van der Waals surface area contributed by atoms with Gasteiger partial charge in [0.2, 0.25) is 0 Å². The normalized spacial score (nSPS) is 15.2. The van der Waals surface area contributed by atoms with E-state index in [1.54, 1.807) is 0 Å². The van der Waals surface area contributed by atoms with Gasteiger partial charge in [-0.1, -0.05) is 38.5 Å². The van der Waals surface area contributed by atoms with E-state index >= 15 is 0 Å². The van der Waals surface area contributed by atoms with E-state index in [0.29, 0.717) is 5.92 Å². The van der Waals surface area contributed by atoms with Crippen molar-refractivity contribution in [3.8, 4) is 0 Å². The Morgan fingerprint density at radius 1 is 1.31 bits per heavy atom. The van der Waals surface area contributed by atoms with E-state index < -0.39 is 0 Å². The molecule has 16 heavy (non-hydrogen) atoms. The van der Waals surface area contributed by atoms with Gasteiger partial charge in [-0.3, -0.25) is 0 Å². The fourth-order valence-electron chi connectivity index (χ4n) is 2.20. The number of rotatable bonds is 3. The molecule has 0 fully saturated rings. The van der Waals surface area contributed by atoms with Crippen LogP contribution in [0.5, 0.6) is 0 Å². The van der Waals surface area contributed by atoms with Crippen LogP contribution in [0.2, 0.25) is 0 Å². The van der Waals surface area contributed by atoms with Crippen molar-refractivity contribution in [3.63, 3.8) is 0 Å². The molecule has 1 aromatic heterocycles. The Hall–Kier alpha value is -1.28. The van der Waals surface area contributed by atoms with Crippen LogP contribution in [0.4, 0.5) is 0 Å². The molecule has 86 valence electrons. The highest BCUT2D eigenvalue weighted by Crippen LogP contribution is 2.29. The molecule has 0 spiro atoms. The summed E-state index contributed by atoms with van der Waals surface area (Å²) in [5.41, 5.74) is 8.85. The molecule has 0 saturated carbocycles. The smallest absolute Gasteiger partial charge is 0.0481 e. The summed E-state index contributed by atoms with van der Waals surface area (Å²) in [7, 11) is 2.08. The molecule has 0 saturated heterocycles. The van der Waals surface area contributed by atoms with Crippen molar-refractivity contribution in [2.45, 2.75) is 26.3 Å². The fraction of sp³-hybridized carbons (Fsp3) is 0.429. The predicted molar refractivity (Wildman–Crippen MR) is 69.3 cm³/mol. The monoisotopic (exact) mass is 216 g/mol. The molecule has 0 aliphatic rings. The molecule has 1 unspecified atom stereocenters. The van der Waals surface area contributed by atoms with Crippen LogP contribution in [0.25, 0.3) is 10.9 Å². The van der Waals surface area contributed by atoms with Gasteiger partial charge in [0.05, 0.1) is 0 Å². The minimum absolute atomic E-state index is 0.135. The number of fused-ring (bicyclic) bond motifs is 1. The Balaban J connectivity index is 2.52. The lowest BCUT2D eigenvalue weighted by molar-refractivity contribution is 0.458. The molecule has 0 aliphatic carbocycles. The number of hydrogen-bond acceptors (Lipinski definition) is 1. The zero-order valence-corrected chi connectivity index (χ0v) is 10.3. The molecule has 2 atom stereocenters. The summed E-state index contributed by atoms with van der Waals surface area (Å²) in [6.45, 7) is 4.40. The van der Waals surface area contributed by atoms with Gasteiger partial charge in [-0.05, 0) is 17.5 Å². The first kappa shape index (κ1) is 11.2. The Labute approximate surface area is 97.1 Å². The maximum Gasteiger partial charge on any atom is 0.0481 e. The zero-order valence-electron chi connectivity index (χ0n) is 10.3. The quantitative estimate of drug-likeness (QED) is 0.839. The second kappa shape index (κ2) is 4.30. The second-order valence-corrected chi connectivity index (χ2v) is 4.62. The van der Waals surface area contributed by atoms with E-state index in [1.807, 2.05) is 0 Å². The summed E-state index contributed by atoms with van der Waals surface area (Å²) in [5, 5.41) is 1.29. The average Bonchev–Trinajstić information content (AvgIpc) is 2.65. The molecule has 2 nitrogen and oxygen atoms in total. The van der Waals surface area contributed by atoms with Crippen molar-refractivity contribution < 1.29 is 0 Å². The minimum Gasteiger partial charge on any atom is -0.350 e. The van der Waals surface area contributed by atoms with Crippen LogP contribution in [0.15, 0.2) is 30.5 Å². The van der Waals surface area contributed by atoms with Crippen LogP contribution in [0, 0.1) is 5.92 Å². The van der Waals surface area contributed by atoms with Gasteiger partial charge < -0.3 is 10.3 Å². The van der Waals surface area contributed by atoms with Gasteiger partial charge in [0.25, 0.3) is 0 Å². The molecule has 2 N–H and O–H groups in total. The molecule has 2 rings (SSSR count). The molecule has 1 heterocycles. The van der Waals surface area contributed by atoms with Crippen molar-refractivity contribution in [2.24, 2.45) is 18.7 Å². The topological polar surface area (TPSA) is 30.9 Å². The van der Waals surface area contributed by atoms with E-state index in [0.717, 1.165) is 6.42 Å². The van der Waals surface area contributed by atoms with E-state index in [-0.39, 0.29) is 6.04 Å². The molecule has 2 aromatic rings. The maximum absolute atomic E-state index is 6.32. The van der Waals surface area contributed by atoms with Gasteiger partial charge in [-0.25, -0.2) is 0 Å². The fourth-order valence-corrected chi connectivity index (χ4v) is 2.20. The van der Waals surface area contributed by atoms with E-state index in [1.165, 1.54) is 16.5 Å². The summed E-state index contributed by atoms with van der Waals surface area (Å²) in [5.74, 6) is 0.519. The van der Waals surface area contributed by atoms with Crippen LogP contribution in [-0.2, 0) is 7.05 Å². The van der Waals surface area contributed by atoms with Gasteiger partial charge in [-0.15, -0.1) is 0 Å². The third-order valence-corrected chi connectivity index (χ3v) is 3.54. The van der Waals surface area contributed by atoms with E-state index in [2.05, 4.69) is 55.9 Å².